The summed E-state index contributed by atoms with van der Waals surface area (Å²) in [5, 5.41) is 0. The molecular formula is C56H43N. The molecule has 9 aromatic rings. The van der Waals surface area contributed by atoms with Gasteiger partial charge in [0.05, 0.1) is 5.69 Å². The van der Waals surface area contributed by atoms with Gasteiger partial charge in [-0.1, -0.05) is 202 Å². The Morgan fingerprint density at radius 1 is 0.263 bits per heavy atom. The molecule has 0 unspecified atom stereocenters. The maximum Gasteiger partial charge on any atom is 0.0702 e. The third kappa shape index (κ3) is 7.61. The van der Waals surface area contributed by atoms with Crippen molar-refractivity contribution in [3.05, 3.63) is 236 Å². The van der Waals surface area contributed by atoms with Gasteiger partial charge in [-0.25, -0.2) is 0 Å². The van der Waals surface area contributed by atoms with Gasteiger partial charge in [0.2, 0.25) is 0 Å². The molecule has 1 nitrogen and oxygen atoms in total. The fourth-order valence-corrected chi connectivity index (χ4v) is 7.81. The lowest BCUT2D eigenvalue weighted by Crippen LogP contribution is -2.18. The number of hydrogen-bond donors (Lipinski definition) is 0. The van der Waals surface area contributed by atoms with E-state index in [1.807, 2.05) is 12.3 Å². The van der Waals surface area contributed by atoms with E-state index in [-0.39, 0.29) is 5.41 Å². The van der Waals surface area contributed by atoms with Crippen molar-refractivity contribution >= 4 is 0 Å². The number of nitrogens with zero attached hydrogens (tertiary/aromatic N) is 1. The maximum atomic E-state index is 4.80. The van der Waals surface area contributed by atoms with Gasteiger partial charge in [0.1, 0.15) is 0 Å². The molecule has 272 valence electrons. The Hall–Kier alpha value is -7.09. The van der Waals surface area contributed by atoms with Crippen molar-refractivity contribution in [2.45, 2.75) is 19.3 Å². The molecule has 0 aliphatic carbocycles. The van der Waals surface area contributed by atoms with Crippen LogP contribution in [0.25, 0.3) is 78.0 Å². The number of rotatable bonds is 9. The van der Waals surface area contributed by atoms with Crippen LogP contribution in [0.1, 0.15) is 25.0 Å². The molecule has 0 aliphatic heterocycles. The summed E-state index contributed by atoms with van der Waals surface area (Å²) in [6, 6.07) is 78.6. The molecule has 0 fully saturated rings. The van der Waals surface area contributed by atoms with Gasteiger partial charge in [0.25, 0.3) is 0 Å². The molecule has 0 bridgehead atoms. The van der Waals surface area contributed by atoms with E-state index >= 15 is 0 Å². The minimum absolute atomic E-state index is 0.0642. The summed E-state index contributed by atoms with van der Waals surface area (Å²) in [6.07, 6.45) is 1.96. The Kier molecular flexibility index (Phi) is 9.73. The van der Waals surface area contributed by atoms with Crippen molar-refractivity contribution in [3.8, 4) is 78.0 Å². The molecule has 0 atom stereocenters. The highest BCUT2D eigenvalue weighted by Gasteiger charge is 2.22. The number of aromatic nitrogens is 1. The third-order valence-corrected chi connectivity index (χ3v) is 11.3. The highest BCUT2D eigenvalue weighted by Crippen LogP contribution is 2.35. The zero-order valence-electron chi connectivity index (χ0n) is 32.3. The Bertz CT molecular complexity index is 2760. The van der Waals surface area contributed by atoms with Gasteiger partial charge < -0.3 is 0 Å². The fraction of sp³-hybridized carbons (Fsp3) is 0.0536. The summed E-state index contributed by atoms with van der Waals surface area (Å²) in [5.74, 6) is 0. The van der Waals surface area contributed by atoms with Crippen LogP contribution in [-0.2, 0) is 5.41 Å². The van der Waals surface area contributed by atoms with Crippen LogP contribution in [0, 0.1) is 0 Å². The molecule has 0 saturated heterocycles. The van der Waals surface area contributed by atoms with Crippen LogP contribution < -0.4 is 0 Å². The van der Waals surface area contributed by atoms with E-state index in [9.17, 15) is 0 Å². The second-order valence-electron chi connectivity index (χ2n) is 15.3. The van der Waals surface area contributed by atoms with Gasteiger partial charge in [-0.05, 0) is 103 Å². The van der Waals surface area contributed by atoms with Gasteiger partial charge in [-0.15, -0.1) is 0 Å². The summed E-state index contributed by atoms with van der Waals surface area (Å²) < 4.78 is 0. The maximum absolute atomic E-state index is 4.80. The standard InChI is InChI=1S/C56H43N/c1-56(2,53-23-7-4-8-24-53)54-32-29-43(30-33-54)45-16-10-19-48(36-45)50-21-11-20-49(37-50)47-18-9-15-44(35-47)41-25-27-42(28-26-41)46-17-12-22-51(38-46)55-34-31-52(39-57-55)40-13-5-3-6-14-40/h3-39H,1-2H3. The first-order valence-electron chi connectivity index (χ1n) is 19.7. The van der Waals surface area contributed by atoms with Gasteiger partial charge in [0, 0.05) is 22.7 Å². The molecule has 0 N–H and O–H groups in total. The molecule has 0 radical (unpaired) electrons. The first kappa shape index (κ1) is 35.6. The normalized spacial score (nSPS) is 11.3. The van der Waals surface area contributed by atoms with Crippen LogP contribution >= 0.6 is 0 Å². The van der Waals surface area contributed by atoms with Gasteiger partial charge in [-0.3, -0.25) is 4.98 Å². The van der Waals surface area contributed by atoms with Crippen LogP contribution in [-0.4, -0.2) is 4.98 Å². The van der Waals surface area contributed by atoms with Gasteiger partial charge >= 0.3 is 0 Å². The van der Waals surface area contributed by atoms with Crippen LogP contribution in [0.15, 0.2) is 225 Å². The average Bonchev–Trinajstić information content (AvgIpc) is 3.30. The number of hydrogen-bond acceptors (Lipinski definition) is 1. The van der Waals surface area contributed by atoms with Crippen molar-refractivity contribution in [1.29, 1.82) is 0 Å². The molecule has 0 aliphatic rings. The lowest BCUT2D eigenvalue weighted by Gasteiger charge is -2.26. The second-order valence-corrected chi connectivity index (χ2v) is 15.3. The molecular weight excluding hydrogens is 687 g/mol. The zero-order chi connectivity index (χ0) is 38.6. The number of pyridine rings is 1. The fourth-order valence-electron chi connectivity index (χ4n) is 7.81. The predicted molar refractivity (Wildman–Crippen MR) is 241 cm³/mol. The lowest BCUT2D eigenvalue weighted by atomic mass is 9.78. The zero-order valence-corrected chi connectivity index (χ0v) is 32.3. The predicted octanol–water partition coefficient (Wildman–Crippen LogP) is 15.1. The minimum atomic E-state index is -0.0642. The van der Waals surface area contributed by atoms with E-state index in [0.29, 0.717) is 0 Å². The van der Waals surface area contributed by atoms with Crippen molar-refractivity contribution in [2.75, 3.05) is 0 Å². The van der Waals surface area contributed by atoms with Crippen molar-refractivity contribution < 1.29 is 0 Å². The van der Waals surface area contributed by atoms with E-state index in [0.717, 1.165) is 16.8 Å². The van der Waals surface area contributed by atoms with E-state index in [1.54, 1.807) is 0 Å². The van der Waals surface area contributed by atoms with E-state index in [1.165, 1.54) is 72.3 Å². The third-order valence-electron chi connectivity index (χ3n) is 11.3. The quantitative estimate of drug-likeness (QED) is 0.144. The first-order chi connectivity index (χ1) is 28.0. The Balaban J connectivity index is 0.920. The van der Waals surface area contributed by atoms with Crippen molar-refractivity contribution in [3.63, 3.8) is 0 Å². The molecule has 1 aromatic heterocycles. The average molecular weight is 730 g/mol. The summed E-state index contributed by atoms with van der Waals surface area (Å²) >= 11 is 0. The molecule has 8 aromatic carbocycles. The largest absolute Gasteiger partial charge is 0.256 e. The minimum Gasteiger partial charge on any atom is -0.256 e. The van der Waals surface area contributed by atoms with Crippen molar-refractivity contribution in [1.82, 2.24) is 4.98 Å². The molecule has 9 rings (SSSR count). The van der Waals surface area contributed by atoms with Crippen LogP contribution in [0.4, 0.5) is 0 Å². The monoisotopic (exact) mass is 729 g/mol. The highest BCUT2D eigenvalue weighted by atomic mass is 14.7. The lowest BCUT2D eigenvalue weighted by molar-refractivity contribution is 0.641. The smallest absolute Gasteiger partial charge is 0.0702 e. The molecule has 1 heterocycles. The van der Waals surface area contributed by atoms with Crippen LogP contribution in [0.3, 0.4) is 0 Å². The SMILES string of the molecule is CC(C)(c1ccccc1)c1ccc(-c2cccc(-c3cccc(-c4cccc(-c5ccc(-c6cccc(-c7ccc(-c8ccccc8)cn7)c6)cc5)c4)c3)c2)cc1. The molecule has 57 heavy (non-hydrogen) atoms. The topological polar surface area (TPSA) is 12.9 Å². The molecule has 1 heteroatoms. The molecule has 0 spiro atoms. The second kappa shape index (κ2) is 15.6. The summed E-state index contributed by atoms with van der Waals surface area (Å²) in [6.45, 7) is 4.59. The Morgan fingerprint density at radius 3 is 1.02 bits per heavy atom. The van der Waals surface area contributed by atoms with Crippen LogP contribution in [0.2, 0.25) is 0 Å². The Morgan fingerprint density at radius 2 is 0.579 bits per heavy atom. The van der Waals surface area contributed by atoms with E-state index in [2.05, 4.69) is 226 Å². The summed E-state index contributed by atoms with van der Waals surface area (Å²) in [4.78, 5) is 4.80. The van der Waals surface area contributed by atoms with E-state index in [4.69, 9.17) is 4.98 Å². The van der Waals surface area contributed by atoms with E-state index < -0.39 is 0 Å². The van der Waals surface area contributed by atoms with Crippen LogP contribution in [0.5, 0.6) is 0 Å². The van der Waals surface area contributed by atoms with Crippen molar-refractivity contribution in [2.24, 2.45) is 0 Å². The Labute approximate surface area is 336 Å². The number of benzene rings is 8. The van der Waals surface area contributed by atoms with Gasteiger partial charge in [-0.2, -0.15) is 0 Å². The summed E-state index contributed by atoms with van der Waals surface area (Å²) in [7, 11) is 0. The first-order valence-corrected chi connectivity index (χ1v) is 19.7. The molecule has 0 amide bonds. The summed E-state index contributed by atoms with van der Waals surface area (Å²) in [5.41, 5.74) is 18.9. The molecule has 0 saturated carbocycles. The highest BCUT2D eigenvalue weighted by molar-refractivity contribution is 5.80. The van der Waals surface area contributed by atoms with Gasteiger partial charge in [0.15, 0.2) is 0 Å².